The number of fused-ring (bicyclic) bond motifs is 5. The molecule has 0 spiro atoms. The second-order valence-electron chi connectivity index (χ2n) is 8.34. The molecule has 1 N–H and O–H groups in total. The van der Waals surface area contributed by atoms with E-state index in [1.807, 2.05) is 22.7 Å². The molecule has 2 aromatic carbocycles. The van der Waals surface area contributed by atoms with Gasteiger partial charge in [-0.05, 0) is 49.4 Å². The molecule has 0 radical (unpaired) electrons. The number of nitrogens with one attached hydrogen (secondary N) is 1. The maximum atomic E-state index is 3.65. The topological polar surface area (TPSA) is 12.0 Å². The molecule has 0 bridgehead atoms. The van der Waals surface area contributed by atoms with Crippen molar-refractivity contribution >= 4 is 57.9 Å². The molecule has 1 nitrogen and oxygen atoms in total. The van der Waals surface area contributed by atoms with Crippen LogP contribution in [0.1, 0.15) is 58.9 Å². The van der Waals surface area contributed by atoms with E-state index in [-0.39, 0.29) is 0 Å². The molecule has 2 atom stereocenters. The normalized spacial score (nSPS) is 14.1. The largest absolute Gasteiger partial charge is 0.383 e. The van der Waals surface area contributed by atoms with Gasteiger partial charge in [0.1, 0.15) is 0 Å². The lowest BCUT2D eigenvalue weighted by molar-refractivity contribution is 0.523. The molecular formula is C25H31NS2. The first-order valence-corrected chi connectivity index (χ1v) is 12.4. The van der Waals surface area contributed by atoms with E-state index in [1.54, 1.807) is 0 Å². The maximum Gasteiger partial charge on any atom is 0.0542 e. The summed E-state index contributed by atoms with van der Waals surface area (Å²) in [7, 11) is 0. The Balaban J connectivity index is 1.67. The van der Waals surface area contributed by atoms with Crippen LogP contribution in [0.3, 0.4) is 0 Å². The molecule has 4 aromatic rings. The van der Waals surface area contributed by atoms with Crippen LogP contribution in [0.2, 0.25) is 0 Å². The molecule has 0 aliphatic carbocycles. The van der Waals surface area contributed by atoms with E-state index in [0.717, 1.165) is 5.92 Å². The Bertz CT molecular complexity index is 1000. The van der Waals surface area contributed by atoms with Gasteiger partial charge < -0.3 is 5.32 Å². The summed E-state index contributed by atoms with van der Waals surface area (Å²) in [4.78, 5) is 0. The minimum atomic E-state index is 0.526. The average Bonchev–Trinajstić information content (AvgIpc) is 3.17. The van der Waals surface area contributed by atoms with E-state index in [2.05, 4.69) is 69.4 Å². The average molecular weight is 410 g/mol. The van der Waals surface area contributed by atoms with Crippen LogP contribution in [0.4, 0.5) is 5.69 Å². The molecule has 4 rings (SSSR count). The number of anilines is 1. The van der Waals surface area contributed by atoms with E-state index >= 15 is 0 Å². The van der Waals surface area contributed by atoms with Crippen LogP contribution in [0, 0.1) is 5.92 Å². The second-order valence-corrected chi connectivity index (χ2v) is 10.4. The number of thiophene rings is 2. The first-order chi connectivity index (χ1) is 13.6. The monoisotopic (exact) mass is 409 g/mol. The maximum absolute atomic E-state index is 3.65. The summed E-state index contributed by atoms with van der Waals surface area (Å²) in [6.45, 7) is 9.17. The Morgan fingerprint density at radius 2 is 1.46 bits per heavy atom. The Morgan fingerprint density at radius 1 is 0.821 bits per heavy atom. The van der Waals surface area contributed by atoms with E-state index in [1.165, 1.54) is 72.9 Å². The summed E-state index contributed by atoms with van der Waals surface area (Å²) in [5.41, 5.74) is 2.74. The lowest BCUT2D eigenvalue weighted by atomic mass is 9.97. The van der Waals surface area contributed by atoms with Crippen LogP contribution >= 0.6 is 22.7 Å². The zero-order chi connectivity index (χ0) is 19.7. The van der Waals surface area contributed by atoms with Crippen LogP contribution < -0.4 is 5.32 Å². The molecule has 0 amide bonds. The molecule has 3 heteroatoms. The van der Waals surface area contributed by atoms with Gasteiger partial charge in [-0.25, -0.2) is 0 Å². The van der Waals surface area contributed by atoms with Crippen molar-refractivity contribution in [3.63, 3.8) is 0 Å². The van der Waals surface area contributed by atoms with E-state index in [0.29, 0.717) is 6.04 Å². The number of rotatable bonds is 8. The third kappa shape index (κ3) is 3.92. The highest BCUT2D eigenvalue weighted by Crippen LogP contribution is 2.45. The Morgan fingerprint density at radius 3 is 2.14 bits per heavy atom. The van der Waals surface area contributed by atoms with Gasteiger partial charge in [0.15, 0.2) is 0 Å². The predicted molar refractivity (Wildman–Crippen MR) is 130 cm³/mol. The quantitative estimate of drug-likeness (QED) is 0.306. The van der Waals surface area contributed by atoms with Crippen molar-refractivity contribution in [3.8, 4) is 0 Å². The highest BCUT2D eigenvalue weighted by molar-refractivity contribution is 7.36. The summed E-state index contributed by atoms with van der Waals surface area (Å²) >= 11 is 3.92. The third-order valence-electron chi connectivity index (χ3n) is 5.65. The van der Waals surface area contributed by atoms with Gasteiger partial charge in [-0.2, -0.15) is 0 Å². The summed E-state index contributed by atoms with van der Waals surface area (Å²) < 4.78 is 5.77. The SMILES string of the molecule is CCCC(C)Cc1ccc2c(c1)sc1c3ccc(NC(C)CCC)cc3sc21. The third-order valence-corrected chi connectivity index (χ3v) is 8.15. The molecule has 148 valence electrons. The lowest BCUT2D eigenvalue weighted by Gasteiger charge is -2.14. The van der Waals surface area contributed by atoms with Gasteiger partial charge in [-0.15, -0.1) is 22.7 Å². The van der Waals surface area contributed by atoms with Crippen molar-refractivity contribution in [3.05, 3.63) is 42.0 Å². The van der Waals surface area contributed by atoms with Gasteiger partial charge >= 0.3 is 0 Å². The number of benzene rings is 2. The van der Waals surface area contributed by atoms with Gasteiger partial charge in [0.25, 0.3) is 0 Å². The van der Waals surface area contributed by atoms with Crippen LogP contribution in [-0.4, -0.2) is 6.04 Å². The van der Waals surface area contributed by atoms with Crippen molar-refractivity contribution in [1.29, 1.82) is 0 Å². The molecular weight excluding hydrogens is 378 g/mol. The van der Waals surface area contributed by atoms with Crippen molar-refractivity contribution in [2.75, 3.05) is 5.32 Å². The standard InChI is InChI=1S/C25H31NS2/c1-5-7-16(3)13-18-9-11-20-22(14-18)27-25-21-12-10-19(26-17(4)8-6-2)15-23(21)28-24(20)25/h9-12,14-17,26H,5-8,13H2,1-4H3. The highest BCUT2D eigenvalue weighted by atomic mass is 32.1. The van der Waals surface area contributed by atoms with Gasteiger partial charge in [0, 0.05) is 31.9 Å². The molecule has 0 aliphatic heterocycles. The summed E-state index contributed by atoms with van der Waals surface area (Å²) in [5, 5.41) is 6.50. The smallest absolute Gasteiger partial charge is 0.0542 e. The fourth-order valence-corrected chi connectivity index (χ4v) is 7.06. The van der Waals surface area contributed by atoms with Crippen molar-refractivity contribution in [2.45, 2.75) is 65.8 Å². The van der Waals surface area contributed by atoms with Gasteiger partial charge in [-0.3, -0.25) is 0 Å². The van der Waals surface area contributed by atoms with Crippen molar-refractivity contribution < 1.29 is 0 Å². The second kappa shape index (κ2) is 8.42. The zero-order valence-corrected chi connectivity index (χ0v) is 19.1. The summed E-state index contributed by atoms with van der Waals surface area (Å²) in [6.07, 6.45) is 6.21. The molecule has 2 aromatic heterocycles. The first-order valence-electron chi connectivity index (χ1n) is 10.7. The Kier molecular flexibility index (Phi) is 5.93. The highest BCUT2D eigenvalue weighted by Gasteiger charge is 2.14. The molecule has 0 fully saturated rings. The molecule has 2 heterocycles. The Labute approximate surface area is 176 Å². The lowest BCUT2D eigenvalue weighted by Crippen LogP contribution is -2.14. The van der Waals surface area contributed by atoms with Gasteiger partial charge in [0.05, 0.1) is 9.40 Å². The minimum Gasteiger partial charge on any atom is -0.383 e. The minimum absolute atomic E-state index is 0.526. The molecule has 28 heavy (non-hydrogen) atoms. The molecule has 0 saturated carbocycles. The van der Waals surface area contributed by atoms with E-state index in [9.17, 15) is 0 Å². The molecule has 0 saturated heterocycles. The Hall–Kier alpha value is -1.58. The van der Waals surface area contributed by atoms with E-state index < -0.39 is 0 Å². The van der Waals surface area contributed by atoms with Crippen LogP contribution in [0.5, 0.6) is 0 Å². The number of hydrogen-bond donors (Lipinski definition) is 1. The van der Waals surface area contributed by atoms with Crippen molar-refractivity contribution in [2.24, 2.45) is 5.92 Å². The van der Waals surface area contributed by atoms with Gasteiger partial charge in [-0.1, -0.05) is 58.2 Å². The van der Waals surface area contributed by atoms with Crippen LogP contribution in [0.25, 0.3) is 29.6 Å². The zero-order valence-electron chi connectivity index (χ0n) is 17.5. The summed E-state index contributed by atoms with van der Waals surface area (Å²) in [6, 6.07) is 14.6. The summed E-state index contributed by atoms with van der Waals surface area (Å²) in [5.74, 6) is 0.769. The van der Waals surface area contributed by atoms with Crippen molar-refractivity contribution in [1.82, 2.24) is 0 Å². The predicted octanol–water partition coefficient (Wildman–Crippen LogP) is 8.85. The fourth-order valence-electron chi connectivity index (χ4n) is 4.30. The number of hydrogen-bond acceptors (Lipinski definition) is 3. The van der Waals surface area contributed by atoms with Gasteiger partial charge in [0.2, 0.25) is 0 Å². The van der Waals surface area contributed by atoms with Crippen LogP contribution in [-0.2, 0) is 6.42 Å². The molecule has 2 unspecified atom stereocenters. The van der Waals surface area contributed by atoms with E-state index in [4.69, 9.17) is 0 Å². The molecule has 0 aliphatic rings. The fraction of sp³-hybridized carbons (Fsp3) is 0.440. The first kappa shape index (κ1) is 19.7. The van der Waals surface area contributed by atoms with Crippen LogP contribution in [0.15, 0.2) is 36.4 Å².